The largest absolute Gasteiger partial charge is 0.379 e. The van der Waals surface area contributed by atoms with Crippen LogP contribution in [0.5, 0.6) is 0 Å². The Morgan fingerprint density at radius 2 is 2.00 bits per heavy atom. The fraction of sp³-hybridized carbons (Fsp3) is 0.364. The number of carbonyl (C=O) groups is 1. The lowest BCUT2D eigenvalue weighted by molar-refractivity contribution is 0.0342. The van der Waals surface area contributed by atoms with Gasteiger partial charge in [0.05, 0.1) is 31.9 Å². The van der Waals surface area contributed by atoms with E-state index in [1.54, 1.807) is 24.5 Å². The van der Waals surface area contributed by atoms with Crippen molar-refractivity contribution in [2.24, 2.45) is 9.98 Å². The number of ketones is 1. The molecule has 2 aromatic rings. The van der Waals surface area contributed by atoms with E-state index in [-0.39, 0.29) is 12.2 Å². The second-order valence-corrected chi connectivity index (χ2v) is 7.43. The Morgan fingerprint density at radius 1 is 1.10 bits per heavy atom. The maximum atomic E-state index is 12.8. The van der Waals surface area contributed by atoms with Crippen molar-refractivity contribution < 1.29 is 9.53 Å². The minimum Gasteiger partial charge on any atom is -0.379 e. The van der Waals surface area contributed by atoms with Crippen molar-refractivity contribution in [1.29, 1.82) is 0 Å². The number of ether oxygens (including phenoxy) is 1. The van der Waals surface area contributed by atoms with Gasteiger partial charge in [0.2, 0.25) is 0 Å². The number of morpholine rings is 1. The van der Waals surface area contributed by atoms with Gasteiger partial charge in [0.1, 0.15) is 11.7 Å². The first-order valence-corrected chi connectivity index (χ1v) is 10.0. The summed E-state index contributed by atoms with van der Waals surface area (Å²) in [4.78, 5) is 31.1. The van der Waals surface area contributed by atoms with Crippen molar-refractivity contribution in [3.05, 3.63) is 59.4 Å². The van der Waals surface area contributed by atoms with Crippen LogP contribution in [-0.2, 0) is 11.3 Å². The molecule has 0 radical (unpaired) electrons. The zero-order chi connectivity index (χ0) is 19.6. The zero-order valence-electron chi connectivity index (χ0n) is 16.3. The molecule has 4 heterocycles. The first kappa shape index (κ1) is 18.1. The third-order valence-electron chi connectivity index (χ3n) is 5.55. The number of aromatic nitrogens is 1. The van der Waals surface area contributed by atoms with E-state index in [4.69, 9.17) is 14.7 Å². The maximum absolute atomic E-state index is 12.8. The Morgan fingerprint density at radius 3 is 2.83 bits per heavy atom. The zero-order valence-corrected chi connectivity index (χ0v) is 16.3. The first-order valence-electron chi connectivity index (χ1n) is 10.0. The molecule has 1 saturated heterocycles. The quantitative estimate of drug-likeness (QED) is 0.734. The molecular formula is C22H23N5O2. The Kier molecular flexibility index (Phi) is 4.91. The average Bonchev–Trinajstić information content (AvgIpc) is 3.26. The molecule has 29 heavy (non-hydrogen) atoms. The third-order valence-corrected chi connectivity index (χ3v) is 5.55. The number of benzene rings is 1. The number of Topliss-reactive ketones (excluding diaryl/α,β-unsaturated/α-hetero) is 1. The topological polar surface area (TPSA) is 70.4 Å². The summed E-state index contributed by atoms with van der Waals surface area (Å²) in [6.07, 6.45) is 3.53. The fourth-order valence-corrected chi connectivity index (χ4v) is 4.06. The van der Waals surface area contributed by atoms with E-state index in [0.29, 0.717) is 5.56 Å². The van der Waals surface area contributed by atoms with Gasteiger partial charge in [0.25, 0.3) is 0 Å². The molecule has 1 aromatic carbocycles. The first-order chi connectivity index (χ1) is 14.3. The molecule has 1 aromatic heterocycles. The van der Waals surface area contributed by atoms with Crippen LogP contribution in [0.25, 0.3) is 0 Å². The average molecular weight is 389 g/mol. The van der Waals surface area contributed by atoms with Gasteiger partial charge < -0.3 is 9.64 Å². The van der Waals surface area contributed by atoms with E-state index in [9.17, 15) is 4.79 Å². The van der Waals surface area contributed by atoms with E-state index >= 15 is 0 Å². The molecule has 1 fully saturated rings. The third kappa shape index (κ3) is 3.59. The predicted molar refractivity (Wildman–Crippen MR) is 111 cm³/mol. The number of rotatable bonds is 5. The number of carbonyl (C=O) groups excluding carboxylic acids is 1. The molecule has 0 N–H and O–H groups in total. The number of aliphatic imine (C=N–C) groups is 2. The highest BCUT2D eigenvalue weighted by Gasteiger charge is 2.31. The summed E-state index contributed by atoms with van der Waals surface area (Å²) >= 11 is 0. The molecule has 0 unspecified atom stereocenters. The van der Waals surface area contributed by atoms with Gasteiger partial charge >= 0.3 is 0 Å². The van der Waals surface area contributed by atoms with E-state index in [0.717, 1.165) is 68.9 Å². The molecule has 0 saturated carbocycles. The Bertz CT molecular complexity index is 980. The van der Waals surface area contributed by atoms with Gasteiger partial charge in [-0.2, -0.15) is 0 Å². The van der Waals surface area contributed by atoms with Crippen molar-refractivity contribution in [3.63, 3.8) is 0 Å². The molecule has 148 valence electrons. The molecule has 3 aliphatic rings. The SMILES string of the molecule is O=C(CC1=Nc2c(CN3CCOCC3)cccc2C2=NCCN12)c1cccnc1. The lowest BCUT2D eigenvalue weighted by Gasteiger charge is -2.30. The molecule has 0 spiro atoms. The lowest BCUT2D eigenvalue weighted by Crippen LogP contribution is -2.39. The summed E-state index contributed by atoms with van der Waals surface area (Å²) < 4.78 is 5.47. The van der Waals surface area contributed by atoms with Crippen LogP contribution < -0.4 is 0 Å². The number of hydrogen-bond donors (Lipinski definition) is 0. The minimum atomic E-state index is 0.0252. The summed E-state index contributed by atoms with van der Waals surface area (Å²) in [5, 5.41) is 0. The molecule has 5 rings (SSSR count). The molecular weight excluding hydrogens is 366 g/mol. The van der Waals surface area contributed by atoms with Gasteiger partial charge in [-0.3, -0.25) is 19.7 Å². The van der Waals surface area contributed by atoms with Crippen LogP contribution in [0.15, 0.2) is 52.7 Å². The summed E-state index contributed by atoms with van der Waals surface area (Å²) in [6.45, 7) is 5.70. The van der Waals surface area contributed by atoms with Crippen LogP contribution >= 0.6 is 0 Å². The number of nitrogens with zero attached hydrogens (tertiary/aromatic N) is 5. The predicted octanol–water partition coefficient (Wildman–Crippen LogP) is 2.29. The van der Waals surface area contributed by atoms with Crippen molar-refractivity contribution >= 4 is 23.1 Å². The standard InChI is InChI=1S/C22H23N5O2/c28-19(16-4-2-6-23-14-16)13-20-25-21-17(15-26-9-11-29-12-10-26)3-1-5-18(21)22-24-7-8-27(20)22/h1-6,14H,7-13,15H2. The maximum Gasteiger partial charge on any atom is 0.171 e. The molecule has 7 nitrogen and oxygen atoms in total. The fourth-order valence-electron chi connectivity index (χ4n) is 4.06. The van der Waals surface area contributed by atoms with Crippen molar-refractivity contribution in [1.82, 2.24) is 14.8 Å². The Labute approximate surface area is 169 Å². The van der Waals surface area contributed by atoms with E-state index < -0.39 is 0 Å². The number of hydrogen-bond acceptors (Lipinski definition) is 7. The monoisotopic (exact) mass is 389 g/mol. The minimum absolute atomic E-state index is 0.0252. The van der Waals surface area contributed by atoms with Crippen molar-refractivity contribution in [2.45, 2.75) is 13.0 Å². The van der Waals surface area contributed by atoms with Crippen LogP contribution in [0.1, 0.15) is 27.9 Å². The summed E-state index contributed by atoms with van der Waals surface area (Å²) in [5.41, 5.74) is 3.79. The van der Waals surface area contributed by atoms with E-state index in [1.807, 2.05) is 0 Å². The molecule has 7 heteroatoms. The van der Waals surface area contributed by atoms with Crippen LogP contribution in [-0.4, -0.2) is 71.6 Å². The molecule has 0 bridgehead atoms. The smallest absolute Gasteiger partial charge is 0.171 e. The van der Waals surface area contributed by atoms with Crippen LogP contribution in [0, 0.1) is 0 Å². The lowest BCUT2D eigenvalue weighted by atomic mass is 10.0. The summed E-state index contributed by atoms with van der Waals surface area (Å²) in [7, 11) is 0. The summed E-state index contributed by atoms with van der Waals surface area (Å²) in [5.74, 6) is 1.74. The van der Waals surface area contributed by atoms with E-state index in [2.05, 4.69) is 33.0 Å². The van der Waals surface area contributed by atoms with Gasteiger partial charge in [-0.25, -0.2) is 4.99 Å². The molecule has 0 amide bonds. The Hall–Kier alpha value is -2.90. The van der Waals surface area contributed by atoms with Gasteiger partial charge in [-0.05, 0) is 23.8 Å². The molecule has 0 atom stereocenters. The normalized spacial score (nSPS) is 18.7. The summed E-state index contributed by atoms with van der Waals surface area (Å²) in [6, 6.07) is 9.88. The Balaban J connectivity index is 1.48. The van der Waals surface area contributed by atoms with Gasteiger partial charge in [-0.1, -0.05) is 12.1 Å². The van der Waals surface area contributed by atoms with Crippen LogP contribution in [0.3, 0.4) is 0 Å². The van der Waals surface area contributed by atoms with Crippen LogP contribution in [0.4, 0.5) is 5.69 Å². The van der Waals surface area contributed by atoms with Gasteiger partial charge in [-0.15, -0.1) is 0 Å². The highest BCUT2D eigenvalue weighted by molar-refractivity contribution is 6.21. The van der Waals surface area contributed by atoms with Crippen molar-refractivity contribution in [2.75, 3.05) is 39.4 Å². The highest BCUT2D eigenvalue weighted by atomic mass is 16.5. The molecule has 3 aliphatic heterocycles. The van der Waals surface area contributed by atoms with Gasteiger partial charge in [0, 0.05) is 49.7 Å². The number of para-hydroxylation sites is 1. The van der Waals surface area contributed by atoms with Gasteiger partial charge in [0.15, 0.2) is 5.78 Å². The number of pyridine rings is 1. The van der Waals surface area contributed by atoms with E-state index in [1.165, 1.54) is 5.56 Å². The number of amidine groups is 2. The second-order valence-electron chi connectivity index (χ2n) is 7.43. The van der Waals surface area contributed by atoms with Crippen LogP contribution in [0.2, 0.25) is 0 Å². The molecule has 0 aliphatic carbocycles. The number of fused-ring (bicyclic) bond motifs is 3. The highest BCUT2D eigenvalue weighted by Crippen LogP contribution is 2.33. The second kappa shape index (κ2) is 7.85. The van der Waals surface area contributed by atoms with Crippen molar-refractivity contribution in [3.8, 4) is 0 Å².